The second-order valence-corrected chi connectivity index (χ2v) is 14.6. The highest BCUT2D eigenvalue weighted by Crippen LogP contribution is 2.29. The zero-order valence-corrected chi connectivity index (χ0v) is 29.9. The zero-order valence-electron chi connectivity index (χ0n) is 29.1. The summed E-state index contributed by atoms with van der Waals surface area (Å²) in [4.78, 5) is 28.7. The fourth-order valence-electron chi connectivity index (χ4n) is 5.57. The highest BCUT2D eigenvalue weighted by molar-refractivity contribution is 7.89. The van der Waals surface area contributed by atoms with E-state index in [0.29, 0.717) is 42.3 Å². The van der Waals surface area contributed by atoms with Gasteiger partial charge >= 0.3 is 6.03 Å². The van der Waals surface area contributed by atoms with E-state index >= 15 is 0 Å². The number of nitrogens with zero attached hydrogens (tertiary/aromatic N) is 2. The van der Waals surface area contributed by atoms with Gasteiger partial charge in [-0.2, -0.15) is 4.31 Å². The number of aliphatic hydroxyl groups excluding tert-OH is 1. The molecule has 3 aromatic rings. The van der Waals surface area contributed by atoms with E-state index in [-0.39, 0.29) is 42.2 Å². The van der Waals surface area contributed by atoms with Gasteiger partial charge in [-0.05, 0) is 99.8 Å². The molecular weight excluding hydrogens is 667 g/mol. The molecule has 1 heterocycles. The summed E-state index contributed by atoms with van der Waals surface area (Å²) in [7, 11) is -0.976. The Morgan fingerprint density at radius 1 is 1.06 bits per heavy atom. The number of anilines is 2. The van der Waals surface area contributed by atoms with Gasteiger partial charge in [-0.15, -0.1) is 0 Å². The number of ether oxygens (including phenoxy) is 3. The van der Waals surface area contributed by atoms with Gasteiger partial charge in [0.15, 0.2) is 0 Å². The highest BCUT2D eigenvalue weighted by atomic mass is 32.2. The highest BCUT2D eigenvalue weighted by Gasteiger charge is 2.32. The van der Waals surface area contributed by atoms with Gasteiger partial charge in [0.05, 0.1) is 42.4 Å². The number of likely N-dealkylation sites (N-methyl/N-ethyl adjacent to an activating group) is 1. The third-order valence-electron chi connectivity index (χ3n) is 8.62. The molecule has 0 radical (unpaired) electrons. The van der Waals surface area contributed by atoms with Crippen LogP contribution in [0.5, 0.6) is 11.5 Å². The van der Waals surface area contributed by atoms with Crippen molar-refractivity contribution < 1.29 is 41.7 Å². The van der Waals surface area contributed by atoms with Crippen molar-refractivity contribution in [1.82, 2.24) is 9.21 Å². The summed E-state index contributed by atoms with van der Waals surface area (Å²) >= 11 is 0. The number of aliphatic hydroxyl groups is 1. The minimum absolute atomic E-state index is 0.0239. The quantitative estimate of drug-likeness (QED) is 0.260. The lowest BCUT2D eigenvalue weighted by Gasteiger charge is -2.35. The van der Waals surface area contributed by atoms with E-state index in [1.165, 1.54) is 28.4 Å². The van der Waals surface area contributed by atoms with E-state index in [1.54, 1.807) is 56.5 Å². The first kappa shape index (κ1) is 38.6. The smallest absolute Gasteiger partial charge is 0.323 e. The van der Waals surface area contributed by atoms with E-state index in [1.807, 2.05) is 13.8 Å². The molecule has 14 heteroatoms. The molecular formula is C36H47FN4O8S. The minimum Gasteiger partial charge on any atom is -0.497 e. The number of halogens is 1. The summed E-state index contributed by atoms with van der Waals surface area (Å²) in [6, 6.07) is 15.1. The van der Waals surface area contributed by atoms with Crippen molar-refractivity contribution in [2.45, 2.75) is 63.2 Å². The van der Waals surface area contributed by atoms with Crippen LogP contribution in [0.2, 0.25) is 0 Å². The van der Waals surface area contributed by atoms with Crippen LogP contribution in [0.4, 0.5) is 20.6 Å². The van der Waals surface area contributed by atoms with Crippen molar-refractivity contribution in [2.24, 2.45) is 5.92 Å². The van der Waals surface area contributed by atoms with E-state index in [0.717, 1.165) is 18.6 Å². The molecule has 0 spiro atoms. The van der Waals surface area contributed by atoms with Gasteiger partial charge in [-0.25, -0.2) is 17.6 Å². The van der Waals surface area contributed by atoms with Crippen molar-refractivity contribution in [2.75, 3.05) is 51.1 Å². The first-order chi connectivity index (χ1) is 23.8. The Bertz CT molecular complexity index is 1690. The monoisotopic (exact) mass is 714 g/mol. The third kappa shape index (κ3) is 10.2. The molecule has 0 aromatic heterocycles. The number of hydrogen-bond acceptors (Lipinski definition) is 8. The fraction of sp³-hybridized carbons (Fsp3) is 0.444. The maximum Gasteiger partial charge on any atom is 0.323 e. The van der Waals surface area contributed by atoms with Crippen LogP contribution < -0.4 is 20.1 Å². The second kappa shape index (κ2) is 17.6. The SMILES string of the molecule is COc1ccc(NC(=O)Nc2ccc3c(c2)C(=O)N([C@@H](C)CO)C[C@@H](C)[C@H](CN(C)S(=O)(=O)c2ccc(F)cc2)OCCCC[C@@H](C)O3)cc1. The Hall–Kier alpha value is -4.24. The van der Waals surface area contributed by atoms with Gasteiger partial charge < -0.3 is 34.9 Å². The van der Waals surface area contributed by atoms with Gasteiger partial charge in [-0.1, -0.05) is 6.92 Å². The number of amides is 3. The van der Waals surface area contributed by atoms with Crippen LogP contribution >= 0.6 is 0 Å². The second-order valence-electron chi connectivity index (χ2n) is 12.6. The van der Waals surface area contributed by atoms with Crippen molar-refractivity contribution in [1.29, 1.82) is 0 Å². The average molecular weight is 715 g/mol. The summed E-state index contributed by atoms with van der Waals surface area (Å²) in [6.45, 7) is 5.59. The standard InChI is InChI=1S/C36H47FN4O8S/c1-24-21-41(25(2)23-42)35(43)32-20-29(39-36(44)38-28-11-14-30(47-5)15-12-28)13-18-33(32)49-26(3)8-6-7-19-48-34(24)22-40(4)50(45,46)31-16-9-27(37)10-17-31/h9-18,20,24-26,34,42H,6-8,19,21-23H2,1-5H3,(H2,38,39,44)/t24-,25+,26-,34+/m1/s1. The molecule has 4 atom stereocenters. The lowest BCUT2D eigenvalue weighted by atomic mass is 10.0. The van der Waals surface area contributed by atoms with Crippen LogP contribution in [0.15, 0.2) is 71.6 Å². The number of carbonyl (C=O) groups is 2. The van der Waals surface area contributed by atoms with Crippen LogP contribution in [0, 0.1) is 11.7 Å². The molecule has 1 aliphatic heterocycles. The Balaban J connectivity index is 1.61. The Kier molecular flexibility index (Phi) is 13.6. The number of hydrogen-bond donors (Lipinski definition) is 3. The van der Waals surface area contributed by atoms with E-state index in [4.69, 9.17) is 14.2 Å². The predicted molar refractivity (Wildman–Crippen MR) is 189 cm³/mol. The van der Waals surface area contributed by atoms with E-state index in [9.17, 15) is 27.5 Å². The topological polar surface area (TPSA) is 147 Å². The van der Waals surface area contributed by atoms with Gasteiger partial charge in [0, 0.05) is 44.0 Å². The molecule has 3 amide bonds. The van der Waals surface area contributed by atoms with Crippen LogP contribution in [-0.2, 0) is 14.8 Å². The van der Waals surface area contributed by atoms with Crippen molar-refractivity contribution in [3.8, 4) is 11.5 Å². The summed E-state index contributed by atoms with van der Waals surface area (Å²) in [5.41, 5.74) is 1.08. The third-order valence-corrected chi connectivity index (χ3v) is 10.5. The Morgan fingerprint density at radius 3 is 2.38 bits per heavy atom. The maximum absolute atomic E-state index is 14.4. The van der Waals surface area contributed by atoms with Gasteiger partial charge in [0.25, 0.3) is 5.91 Å². The fourth-order valence-corrected chi connectivity index (χ4v) is 6.75. The predicted octanol–water partition coefficient (Wildman–Crippen LogP) is 5.59. The molecule has 3 N–H and O–H groups in total. The molecule has 272 valence electrons. The number of carbonyl (C=O) groups excluding carboxylic acids is 2. The Labute approximate surface area is 293 Å². The Morgan fingerprint density at radius 2 is 1.72 bits per heavy atom. The zero-order chi connectivity index (χ0) is 36.4. The van der Waals surface area contributed by atoms with Gasteiger partial charge in [-0.3, -0.25) is 4.79 Å². The lowest BCUT2D eigenvalue weighted by Crippen LogP contribution is -2.48. The van der Waals surface area contributed by atoms with Crippen molar-refractivity contribution in [3.63, 3.8) is 0 Å². The summed E-state index contributed by atoms with van der Waals surface area (Å²) < 4.78 is 59.1. The minimum atomic E-state index is -3.97. The summed E-state index contributed by atoms with van der Waals surface area (Å²) in [6.07, 6.45) is 1.24. The number of rotatable bonds is 9. The molecule has 0 aliphatic carbocycles. The first-order valence-electron chi connectivity index (χ1n) is 16.6. The molecule has 3 aromatic carbocycles. The van der Waals surface area contributed by atoms with Crippen molar-refractivity contribution >= 4 is 33.3 Å². The molecule has 12 nitrogen and oxygen atoms in total. The summed E-state index contributed by atoms with van der Waals surface area (Å²) in [5, 5.41) is 15.7. The van der Waals surface area contributed by atoms with E-state index in [2.05, 4.69) is 10.6 Å². The number of benzene rings is 3. The maximum atomic E-state index is 14.4. The number of nitrogens with one attached hydrogen (secondary N) is 2. The summed E-state index contributed by atoms with van der Waals surface area (Å²) in [5.74, 6) is -0.393. The van der Waals surface area contributed by atoms with E-state index < -0.39 is 39.9 Å². The first-order valence-corrected chi connectivity index (χ1v) is 18.0. The number of sulfonamides is 1. The van der Waals surface area contributed by atoms with Crippen LogP contribution in [0.3, 0.4) is 0 Å². The molecule has 0 saturated carbocycles. The van der Waals surface area contributed by atoms with Gasteiger partial charge in [0.1, 0.15) is 17.3 Å². The number of fused-ring (bicyclic) bond motifs is 1. The number of urea groups is 1. The number of methoxy groups -OCH3 is 1. The molecule has 4 rings (SSSR count). The lowest BCUT2D eigenvalue weighted by molar-refractivity contribution is -0.00834. The average Bonchev–Trinajstić information content (AvgIpc) is 3.09. The largest absolute Gasteiger partial charge is 0.497 e. The normalized spacial score (nSPS) is 19.9. The molecule has 0 unspecified atom stereocenters. The van der Waals surface area contributed by atoms with Crippen LogP contribution in [0.1, 0.15) is 50.4 Å². The molecule has 0 bridgehead atoms. The molecule has 50 heavy (non-hydrogen) atoms. The van der Waals surface area contributed by atoms with Gasteiger partial charge in [0.2, 0.25) is 10.0 Å². The van der Waals surface area contributed by atoms with Crippen LogP contribution in [0.25, 0.3) is 0 Å². The van der Waals surface area contributed by atoms with Crippen molar-refractivity contribution in [3.05, 3.63) is 78.1 Å². The van der Waals surface area contributed by atoms with Crippen LogP contribution in [-0.4, -0.2) is 93.4 Å². The molecule has 0 saturated heterocycles. The molecule has 1 aliphatic rings. The molecule has 0 fully saturated rings.